The van der Waals surface area contributed by atoms with Gasteiger partial charge >= 0.3 is 0 Å². The maximum atomic E-state index is 6.15. The Hall–Kier alpha value is -3.44. The highest BCUT2D eigenvalue weighted by molar-refractivity contribution is 5.79. The Morgan fingerprint density at radius 1 is 0.966 bits per heavy atom. The van der Waals surface area contributed by atoms with Crippen LogP contribution < -0.4 is 11.1 Å². The van der Waals surface area contributed by atoms with Crippen LogP contribution in [0.3, 0.4) is 0 Å². The van der Waals surface area contributed by atoms with Gasteiger partial charge in [-0.15, -0.1) is 0 Å². The van der Waals surface area contributed by atoms with Crippen LogP contribution in [0.2, 0.25) is 0 Å². The number of methoxy groups -OCH3 is 1. The Balaban J connectivity index is 1.50. The van der Waals surface area contributed by atoms with E-state index in [1.807, 2.05) is 24.3 Å². The quantitative estimate of drug-likeness (QED) is 0.484. The predicted molar refractivity (Wildman–Crippen MR) is 119 cm³/mol. The number of anilines is 2. The molecule has 2 aromatic heterocycles. The smallest absolute Gasteiger partial charge is 0.150 e. The van der Waals surface area contributed by atoms with Crippen LogP contribution in [0.25, 0.3) is 22.2 Å². The van der Waals surface area contributed by atoms with Crippen molar-refractivity contribution in [3.05, 3.63) is 84.1 Å². The number of fused-ring (bicyclic) bond motifs is 1. The number of ether oxygens (including phenoxy) is 1. The minimum atomic E-state index is 0.632. The summed E-state index contributed by atoms with van der Waals surface area (Å²) in [4.78, 5) is 9.10. The molecule has 0 fully saturated rings. The van der Waals surface area contributed by atoms with E-state index in [0.29, 0.717) is 18.1 Å². The largest absolute Gasteiger partial charge is 0.396 e. The van der Waals surface area contributed by atoms with Crippen molar-refractivity contribution < 1.29 is 4.74 Å². The van der Waals surface area contributed by atoms with E-state index in [0.717, 1.165) is 40.8 Å². The lowest BCUT2D eigenvalue weighted by Crippen LogP contribution is -2.05. The van der Waals surface area contributed by atoms with Gasteiger partial charge in [0.15, 0.2) is 0 Å². The van der Waals surface area contributed by atoms with Gasteiger partial charge in [0.05, 0.1) is 23.5 Å². The molecule has 2 aromatic carbocycles. The zero-order chi connectivity index (χ0) is 20.1. The Morgan fingerprint density at radius 3 is 2.62 bits per heavy atom. The third-order valence-corrected chi connectivity index (χ3v) is 4.90. The number of nitrogen functional groups attached to an aromatic ring is 1. The van der Waals surface area contributed by atoms with Crippen molar-refractivity contribution in [1.29, 1.82) is 0 Å². The minimum Gasteiger partial charge on any atom is -0.396 e. The van der Waals surface area contributed by atoms with Crippen LogP contribution in [-0.4, -0.2) is 23.7 Å². The van der Waals surface area contributed by atoms with Crippen LogP contribution in [0, 0.1) is 0 Å². The van der Waals surface area contributed by atoms with Gasteiger partial charge in [0, 0.05) is 30.8 Å². The van der Waals surface area contributed by atoms with E-state index >= 15 is 0 Å². The molecule has 4 aromatic rings. The summed E-state index contributed by atoms with van der Waals surface area (Å²) >= 11 is 0. The monoisotopic (exact) mass is 384 g/mol. The number of nitrogens with zero attached hydrogens (tertiary/aromatic N) is 2. The van der Waals surface area contributed by atoms with E-state index in [1.54, 1.807) is 13.3 Å². The topological polar surface area (TPSA) is 73.1 Å². The molecule has 5 heteroatoms. The van der Waals surface area contributed by atoms with Gasteiger partial charge in [-0.3, -0.25) is 4.98 Å². The van der Waals surface area contributed by atoms with E-state index in [4.69, 9.17) is 15.5 Å². The summed E-state index contributed by atoms with van der Waals surface area (Å²) in [6.45, 7) is 1.36. The summed E-state index contributed by atoms with van der Waals surface area (Å²) in [5.41, 5.74) is 12.1. The fourth-order valence-corrected chi connectivity index (χ4v) is 3.26. The van der Waals surface area contributed by atoms with Crippen molar-refractivity contribution in [2.24, 2.45) is 0 Å². The summed E-state index contributed by atoms with van der Waals surface area (Å²) in [5, 5.41) is 4.49. The van der Waals surface area contributed by atoms with Crippen LogP contribution in [-0.2, 0) is 17.7 Å². The number of nitrogens with two attached hydrogens (primary N) is 1. The Kier molecular flexibility index (Phi) is 5.68. The molecule has 0 aliphatic carbocycles. The van der Waals surface area contributed by atoms with Crippen LogP contribution in [0.5, 0.6) is 0 Å². The van der Waals surface area contributed by atoms with Gasteiger partial charge in [0.1, 0.15) is 5.82 Å². The third kappa shape index (κ3) is 4.52. The van der Waals surface area contributed by atoms with E-state index in [1.165, 1.54) is 5.56 Å². The first-order chi connectivity index (χ1) is 14.2. The molecule has 146 valence electrons. The third-order valence-electron chi connectivity index (χ3n) is 4.90. The molecule has 0 atom stereocenters. The standard InChI is InChI=1S/C24H24N4O/c1-29-14-12-17-4-7-19(8-5-17)23-11-9-21(25)24(28-23)27-16-18-6-10-22-20(15-18)3-2-13-26-22/h2-11,13,15H,12,14,16,25H2,1H3,(H,27,28). The fourth-order valence-electron chi connectivity index (χ4n) is 3.26. The molecule has 4 rings (SSSR count). The number of hydrogen-bond acceptors (Lipinski definition) is 5. The van der Waals surface area contributed by atoms with Gasteiger partial charge in [0.25, 0.3) is 0 Å². The van der Waals surface area contributed by atoms with Gasteiger partial charge in [-0.25, -0.2) is 4.98 Å². The number of hydrogen-bond donors (Lipinski definition) is 2. The molecule has 2 heterocycles. The minimum absolute atomic E-state index is 0.632. The second-order valence-electron chi connectivity index (χ2n) is 6.96. The van der Waals surface area contributed by atoms with Gasteiger partial charge in [-0.05, 0) is 47.9 Å². The van der Waals surface area contributed by atoms with Crippen molar-refractivity contribution >= 4 is 22.4 Å². The first kappa shape index (κ1) is 18.9. The molecule has 29 heavy (non-hydrogen) atoms. The molecule has 0 spiro atoms. The normalized spacial score (nSPS) is 10.9. The maximum absolute atomic E-state index is 6.15. The molecule has 0 saturated carbocycles. The zero-order valence-corrected chi connectivity index (χ0v) is 16.4. The van der Waals surface area contributed by atoms with E-state index < -0.39 is 0 Å². The maximum Gasteiger partial charge on any atom is 0.150 e. The molecule has 0 aliphatic rings. The van der Waals surface area contributed by atoms with Crippen molar-refractivity contribution in [3.63, 3.8) is 0 Å². The second kappa shape index (κ2) is 8.71. The number of aromatic nitrogens is 2. The van der Waals surface area contributed by atoms with Gasteiger partial charge in [0.2, 0.25) is 0 Å². The van der Waals surface area contributed by atoms with E-state index in [-0.39, 0.29) is 0 Å². The Bertz CT molecular complexity index is 1110. The number of pyridine rings is 2. The highest BCUT2D eigenvalue weighted by atomic mass is 16.5. The SMILES string of the molecule is COCCc1ccc(-c2ccc(N)c(NCc3ccc4ncccc4c3)n2)cc1. The van der Waals surface area contributed by atoms with Crippen LogP contribution in [0.4, 0.5) is 11.5 Å². The molecule has 3 N–H and O–H groups in total. The molecule has 0 aliphatic heterocycles. The summed E-state index contributed by atoms with van der Waals surface area (Å²) in [5.74, 6) is 0.692. The zero-order valence-electron chi connectivity index (χ0n) is 16.4. The predicted octanol–water partition coefficient (Wildman–Crippen LogP) is 4.68. The molecule has 0 radical (unpaired) electrons. The first-order valence-corrected chi connectivity index (χ1v) is 9.65. The van der Waals surface area contributed by atoms with Crippen LogP contribution in [0.1, 0.15) is 11.1 Å². The molecule has 0 amide bonds. The number of nitrogens with one attached hydrogen (secondary N) is 1. The fraction of sp³-hybridized carbons (Fsp3) is 0.167. The molecule has 0 bridgehead atoms. The second-order valence-corrected chi connectivity index (χ2v) is 6.96. The van der Waals surface area contributed by atoms with Crippen molar-refractivity contribution in [2.45, 2.75) is 13.0 Å². The Morgan fingerprint density at radius 2 is 1.79 bits per heavy atom. The van der Waals surface area contributed by atoms with Crippen LogP contribution >= 0.6 is 0 Å². The summed E-state index contributed by atoms with van der Waals surface area (Å²) in [6.07, 6.45) is 2.71. The molecular formula is C24H24N4O. The molecular weight excluding hydrogens is 360 g/mol. The van der Waals surface area contributed by atoms with Crippen LogP contribution in [0.15, 0.2) is 72.9 Å². The highest BCUT2D eigenvalue weighted by Gasteiger charge is 2.06. The van der Waals surface area contributed by atoms with Gasteiger partial charge in [-0.1, -0.05) is 36.4 Å². The molecule has 0 saturated heterocycles. The average Bonchev–Trinajstić information content (AvgIpc) is 2.77. The molecule has 0 unspecified atom stereocenters. The highest BCUT2D eigenvalue weighted by Crippen LogP contribution is 2.24. The van der Waals surface area contributed by atoms with Crippen molar-refractivity contribution in [2.75, 3.05) is 24.8 Å². The lowest BCUT2D eigenvalue weighted by Gasteiger charge is -2.11. The lowest BCUT2D eigenvalue weighted by molar-refractivity contribution is 0.202. The summed E-state index contributed by atoms with van der Waals surface area (Å²) in [7, 11) is 1.72. The Labute approximate surface area is 170 Å². The average molecular weight is 384 g/mol. The van der Waals surface area contributed by atoms with E-state index in [9.17, 15) is 0 Å². The lowest BCUT2D eigenvalue weighted by atomic mass is 10.1. The summed E-state index contributed by atoms with van der Waals surface area (Å²) < 4.78 is 5.14. The first-order valence-electron chi connectivity index (χ1n) is 9.65. The van der Waals surface area contributed by atoms with E-state index in [2.05, 4.69) is 52.8 Å². The summed E-state index contributed by atoms with van der Waals surface area (Å²) in [6, 6.07) is 22.5. The van der Waals surface area contributed by atoms with Crippen molar-refractivity contribution in [3.8, 4) is 11.3 Å². The van der Waals surface area contributed by atoms with Crippen molar-refractivity contribution in [1.82, 2.24) is 9.97 Å². The van der Waals surface area contributed by atoms with Gasteiger partial charge < -0.3 is 15.8 Å². The number of rotatable bonds is 7. The molecule has 5 nitrogen and oxygen atoms in total. The van der Waals surface area contributed by atoms with Gasteiger partial charge in [-0.2, -0.15) is 0 Å². The number of benzene rings is 2.